The monoisotopic (exact) mass is 423 g/mol. The first-order valence-electron chi connectivity index (χ1n) is 9.68. The van der Waals surface area contributed by atoms with Crippen molar-refractivity contribution in [2.75, 3.05) is 6.61 Å². The number of nitrogens with one attached hydrogen (secondary N) is 1. The van der Waals surface area contributed by atoms with Gasteiger partial charge in [0.15, 0.2) is 5.78 Å². The predicted molar refractivity (Wildman–Crippen MR) is 103 cm³/mol. The molecule has 0 saturated carbocycles. The van der Waals surface area contributed by atoms with Crippen LogP contribution in [-0.2, 0) is 14.3 Å². The van der Waals surface area contributed by atoms with E-state index in [9.17, 15) is 22.8 Å². The summed E-state index contributed by atoms with van der Waals surface area (Å²) in [5, 5.41) is 3.20. The Hall–Kier alpha value is -2.77. The number of rotatable bonds is 4. The molecule has 1 aliphatic carbocycles. The molecule has 0 fully saturated rings. The summed E-state index contributed by atoms with van der Waals surface area (Å²) in [5.41, 5.74) is 2.34. The topological polar surface area (TPSA) is 64.6 Å². The first kappa shape index (κ1) is 21.9. The zero-order valence-electron chi connectivity index (χ0n) is 17.3. The highest BCUT2D eigenvalue weighted by Gasteiger charge is 2.43. The molecule has 0 aromatic heterocycles. The summed E-state index contributed by atoms with van der Waals surface area (Å²) in [6.45, 7) is 7.56. The molecule has 1 atom stereocenters. The molecule has 1 aromatic rings. The van der Waals surface area contributed by atoms with Crippen molar-refractivity contribution in [3.05, 3.63) is 52.4 Å². The van der Waals surface area contributed by atoms with Crippen molar-refractivity contribution in [1.82, 2.24) is 5.32 Å². The third kappa shape index (κ3) is 4.52. The average molecular weight is 423 g/mol. The molecule has 0 unspecified atom stereocenters. The van der Waals surface area contributed by atoms with Gasteiger partial charge in [-0.2, -0.15) is 0 Å². The Morgan fingerprint density at radius 3 is 2.40 bits per heavy atom. The molecule has 0 amide bonds. The summed E-state index contributed by atoms with van der Waals surface area (Å²) in [6, 6.07) is 5.25. The quantitative estimate of drug-likeness (QED) is 0.708. The minimum absolute atomic E-state index is 0.0938. The molecule has 1 heterocycles. The van der Waals surface area contributed by atoms with Crippen LogP contribution >= 0.6 is 0 Å². The Morgan fingerprint density at radius 1 is 1.20 bits per heavy atom. The molecule has 0 saturated heterocycles. The number of hydrogen-bond acceptors (Lipinski definition) is 5. The fourth-order valence-corrected chi connectivity index (χ4v) is 4.11. The van der Waals surface area contributed by atoms with E-state index >= 15 is 0 Å². The highest BCUT2D eigenvalue weighted by Crippen LogP contribution is 2.47. The number of alkyl halides is 3. The second-order valence-electron chi connectivity index (χ2n) is 8.27. The molecule has 0 spiro atoms. The fraction of sp³-hybridized carbons (Fsp3) is 0.455. The number of esters is 1. The number of allylic oxidation sites excluding steroid dienone is 3. The van der Waals surface area contributed by atoms with E-state index < -0.39 is 18.2 Å². The number of ketones is 1. The van der Waals surface area contributed by atoms with Crippen LogP contribution in [0.4, 0.5) is 13.2 Å². The summed E-state index contributed by atoms with van der Waals surface area (Å²) in [4.78, 5) is 25.8. The van der Waals surface area contributed by atoms with Crippen LogP contribution in [0, 0.1) is 5.41 Å². The van der Waals surface area contributed by atoms with Gasteiger partial charge in [-0.15, -0.1) is 13.2 Å². The third-order valence-corrected chi connectivity index (χ3v) is 5.18. The standard InChI is InChI=1S/C22H24F3NO4/c1-5-29-20(28)17-12(2)26-15-10-21(3,4)11-16(27)19(15)18(17)13-6-8-14(9-7-13)30-22(23,24)25/h6-9,18,26H,5,10-11H2,1-4H3/t18-/m1/s1. The van der Waals surface area contributed by atoms with Gasteiger partial charge in [-0.1, -0.05) is 26.0 Å². The van der Waals surface area contributed by atoms with Crippen molar-refractivity contribution in [3.63, 3.8) is 0 Å². The van der Waals surface area contributed by atoms with Crippen LogP contribution in [0.15, 0.2) is 46.8 Å². The first-order chi connectivity index (χ1) is 13.9. The number of benzene rings is 1. The van der Waals surface area contributed by atoms with Crippen molar-refractivity contribution in [2.45, 2.75) is 52.8 Å². The van der Waals surface area contributed by atoms with E-state index in [4.69, 9.17) is 4.74 Å². The molecule has 1 N–H and O–H groups in total. The van der Waals surface area contributed by atoms with Crippen molar-refractivity contribution in [3.8, 4) is 5.75 Å². The molecule has 3 rings (SSSR count). The Labute approximate surface area is 172 Å². The van der Waals surface area contributed by atoms with Crippen LogP contribution < -0.4 is 10.1 Å². The predicted octanol–water partition coefficient (Wildman–Crippen LogP) is 4.75. The Balaban J connectivity index is 2.09. The lowest BCUT2D eigenvalue weighted by Gasteiger charge is -2.39. The maximum Gasteiger partial charge on any atom is 0.573 e. The van der Waals surface area contributed by atoms with Crippen molar-refractivity contribution >= 4 is 11.8 Å². The van der Waals surface area contributed by atoms with Crippen LogP contribution in [0.2, 0.25) is 0 Å². The minimum atomic E-state index is -4.80. The number of carbonyl (C=O) groups is 2. The molecule has 0 bridgehead atoms. The lowest BCUT2D eigenvalue weighted by molar-refractivity contribution is -0.274. The number of ether oxygens (including phenoxy) is 2. The SMILES string of the molecule is CCOC(=O)C1=C(C)NC2=C(C(=O)CC(C)(C)C2)[C@@H]1c1ccc(OC(F)(F)F)cc1. The highest BCUT2D eigenvalue weighted by molar-refractivity contribution is 6.04. The molecule has 1 aromatic carbocycles. The third-order valence-electron chi connectivity index (χ3n) is 5.18. The average Bonchev–Trinajstić information content (AvgIpc) is 2.58. The van der Waals surface area contributed by atoms with E-state index in [1.54, 1.807) is 13.8 Å². The van der Waals surface area contributed by atoms with E-state index in [1.807, 2.05) is 13.8 Å². The maximum absolute atomic E-state index is 13.1. The van der Waals surface area contributed by atoms with Crippen LogP contribution in [-0.4, -0.2) is 24.7 Å². The van der Waals surface area contributed by atoms with Gasteiger partial charge in [0.25, 0.3) is 0 Å². The molecule has 1 aliphatic heterocycles. The van der Waals surface area contributed by atoms with Crippen LogP contribution in [0.5, 0.6) is 5.75 Å². The van der Waals surface area contributed by atoms with Gasteiger partial charge in [-0.25, -0.2) is 4.79 Å². The van der Waals surface area contributed by atoms with Gasteiger partial charge in [0.2, 0.25) is 0 Å². The van der Waals surface area contributed by atoms with Crippen LogP contribution in [0.1, 0.15) is 52.0 Å². The molecule has 162 valence electrons. The van der Waals surface area contributed by atoms with Gasteiger partial charge < -0.3 is 14.8 Å². The van der Waals surface area contributed by atoms with Gasteiger partial charge in [0, 0.05) is 29.3 Å². The molecule has 5 nitrogen and oxygen atoms in total. The molecule has 0 radical (unpaired) electrons. The fourth-order valence-electron chi connectivity index (χ4n) is 4.11. The molecule has 30 heavy (non-hydrogen) atoms. The van der Waals surface area contributed by atoms with Gasteiger partial charge in [-0.05, 0) is 43.4 Å². The second kappa shape index (κ2) is 7.81. The summed E-state index contributed by atoms with van der Waals surface area (Å²) >= 11 is 0. The first-order valence-corrected chi connectivity index (χ1v) is 9.68. The summed E-state index contributed by atoms with van der Waals surface area (Å²) in [7, 11) is 0. The van der Waals surface area contributed by atoms with Gasteiger partial charge >= 0.3 is 12.3 Å². The van der Waals surface area contributed by atoms with E-state index in [-0.39, 0.29) is 29.1 Å². The van der Waals surface area contributed by atoms with Crippen LogP contribution in [0.3, 0.4) is 0 Å². The zero-order valence-corrected chi connectivity index (χ0v) is 17.3. The second-order valence-corrected chi connectivity index (χ2v) is 8.27. The van der Waals surface area contributed by atoms with Crippen molar-refractivity contribution < 1.29 is 32.2 Å². The van der Waals surface area contributed by atoms with E-state index in [2.05, 4.69) is 10.1 Å². The molecular weight excluding hydrogens is 399 g/mol. The van der Waals surface area contributed by atoms with E-state index in [1.165, 1.54) is 24.3 Å². The van der Waals surface area contributed by atoms with Crippen molar-refractivity contribution in [2.24, 2.45) is 5.41 Å². The summed E-state index contributed by atoms with van der Waals surface area (Å²) < 4.78 is 46.6. The highest BCUT2D eigenvalue weighted by atomic mass is 19.4. The number of Topliss-reactive ketones (excluding diaryl/α,β-unsaturated/α-hetero) is 1. The Morgan fingerprint density at radius 2 is 1.83 bits per heavy atom. The molecule has 2 aliphatic rings. The van der Waals surface area contributed by atoms with Gasteiger partial charge in [0.05, 0.1) is 12.2 Å². The van der Waals surface area contributed by atoms with Gasteiger partial charge in [-0.3, -0.25) is 4.79 Å². The lowest BCUT2D eigenvalue weighted by atomic mass is 9.68. The normalized spacial score (nSPS) is 21.2. The Bertz CT molecular complexity index is 927. The largest absolute Gasteiger partial charge is 0.573 e. The molecular formula is C22H24F3NO4. The Kier molecular flexibility index (Phi) is 5.71. The van der Waals surface area contributed by atoms with Crippen LogP contribution in [0.25, 0.3) is 0 Å². The number of carbonyl (C=O) groups excluding carboxylic acids is 2. The maximum atomic E-state index is 13.1. The van der Waals surface area contributed by atoms with Gasteiger partial charge in [0.1, 0.15) is 5.75 Å². The summed E-state index contributed by atoms with van der Waals surface area (Å²) in [5.74, 6) is -1.75. The van der Waals surface area contributed by atoms with E-state index in [0.29, 0.717) is 29.7 Å². The minimum Gasteiger partial charge on any atom is -0.463 e. The smallest absolute Gasteiger partial charge is 0.463 e. The van der Waals surface area contributed by atoms with E-state index in [0.717, 1.165) is 5.70 Å². The molecule has 8 heteroatoms. The number of hydrogen-bond donors (Lipinski definition) is 1. The number of dihydropyridines is 1. The summed E-state index contributed by atoms with van der Waals surface area (Å²) in [6.07, 6.45) is -3.87. The zero-order chi connectivity index (χ0) is 22.3. The lowest BCUT2D eigenvalue weighted by Crippen LogP contribution is -2.38. The van der Waals surface area contributed by atoms with Crippen molar-refractivity contribution in [1.29, 1.82) is 0 Å². The number of halogens is 3.